The average molecular weight is 310 g/mol. The first-order chi connectivity index (χ1) is 9.94. The van der Waals surface area contributed by atoms with E-state index in [4.69, 9.17) is 0 Å². The normalized spacial score (nSPS) is 11.3. The maximum absolute atomic E-state index is 11.5. The number of hydrogen-bond acceptors (Lipinski definition) is 6. The van der Waals surface area contributed by atoms with Gasteiger partial charge in [-0.2, -0.15) is 5.21 Å². The van der Waals surface area contributed by atoms with Gasteiger partial charge in [0.2, 0.25) is 21.8 Å². The fraction of sp³-hybridized carbons (Fsp3) is 0.273. The summed E-state index contributed by atoms with van der Waals surface area (Å²) in [5.41, 5.74) is 1.61. The summed E-state index contributed by atoms with van der Waals surface area (Å²) in [5.74, 6) is 0.0484. The van der Waals surface area contributed by atoms with Gasteiger partial charge < -0.3 is 5.32 Å². The lowest BCUT2D eigenvalue weighted by molar-refractivity contribution is -0.120. The molecule has 2 rings (SSSR count). The maximum Gasteiger partial charge on any atom is 0.235 e. The van der Waals surface area contributed by atoms with Gasteiger partial charge in [-0.05, 0) is 16.8 Å². The molecule has 0 saturated heterocycles. The minimum atomic E-state index is -3.38. The Kier molecular flexibility index (Phi) is 4.60. The zero-order valence-corrected chi connectivity index (χ0v) is 12.0. The van der Waals surface area contributed by atoms with Gasteiger partial charge >= 0.3 is 0 Å². The third kappa shape index (κ3) is 4.93. The topological polar surface area (TPSA) is 130 Å². The van der Waals surface area contributed by atoms with Gasteiger partial charge in [-0.3, -0.25) is 4.79 Å². The van der Waals surface area contributed by atoms with Gasteiger partial charge in [0.1, 0.15) is 0 Å². The Morgan fingerprint density at radius 1 is 1.38 bits per heavy atom. The molecule has 112 valence electrons. The highest BCUT2D eigenvalue weighted by Gasteiger charge is 2.07. The Bertz CT molecular complexity index is 713. The van der Waals surface area contributed by atoms with Crippen molar-refractivity contribution in [2.75, 3.05) is 12.8 Å². The van der Waals surface area contributed by atoms with Crippen molar-refractivity contribution < 1.29 is 13.2 Å². The summed E-state index contributed by atoms with van der Waals surface area (Å²) in [7, 11) is -3.38. The third-order valence-electron chi connectivity index (χ3n) is 2.52. The lowest BCUT2D eigenvalue weighted by Crippen LogP contribution is -2.36. The molecule has 0 bridgehead atoms. The highest BCUT2D eigenvalue weighted by Crippen LogP contribution is 2.14. The van der Waals surface area contributed by atoms with Crippen molar-refractivity contribution in [1.29, 1.82) is 0 Å². The van der Waals surface area contributed by atoms with Gasteiger partial charge in [0.25, 0.3) is 0 Å². The quantitative estimate of drug-likeness (QED) is 0.629. The molecule has 2 aromatic rings. The molecule has 0 saturated carbocycles. The van der Waals surface area contributed by atoms with E-state index in [0.29, 0.717) is 5.82 Å². The number of aromatic nitrogens is 4. The molecule has 0 aliphatic rings. The molecule has 0 aliphatic heterocycles. The number of hydrogen-bond donors (Lipinski definition) is 3. The van der Waals surface area contributed by atoms with Crippen molar-refractivity contribution in [3.63, 3.8) is 0 Å². The van der Waals surface area contributed by atoms with E-state index in [9.17, 15) is 13.2 Å². The summed E-state index contributed by atoms with van der Waals surface area (Å²) in [6, 6.07) is 7.27. The number of H-pyrrole nitrogens is 1. The van der Waals surface area contributed by atoms with Gasteiger partial charge in [-0.1, -0.05) is 18.2 Å². The Morgan fingerprint density at radius 2 is 2.19 bits per heavy atom. The van der Waals surface area contributed by atoms with Gasteiger partial charge in [-0.15, -0.1) is 10.2 Å². The van der Waals surface area contributed by atoms with Crippen LogP contribution in [0.5, 0.6) is 0 Å². The number of nitrogens with one attached hydrogen (secondary N) is 3. The predicted molar refractivity (Wildman–Crippen MR) is 74.3 cm³/mol. The van der Waals surface area contributed by atoms with E-state index < -0.39 is 15.9 Å². The summed E-state index contributed by atoms with van der Waals surface area (Å²) in [4.78, 5) is 11.5. The van der Waals surface area contributed by atoms with E-state index in [-0.39, 0.29) is 13.1 Å². The number of nitrogens with zero attached hydrogens (tertiary/aromatic N) is 3. The van der Waals surface area contributed by atoms with Crippen LogP contribution in [0.1, 0.15) is 5.56 Å². The highest BCUT2D eigenvalue weighted by atomic mass is 32.2. The van der Waals surface area contributed by atoms with Crippen LogP contribution < -0.4 is 10.0 Å². The molecule has 0 unspecified atom stereocenters. The van der Waals surface area contributed by atoms with Crippen molar-refractivity contribution >= 4 is 15.9 Å². The van der Waals surface area contributed by atoms with Crippen molar-refractivity contribution in [3.8, 4) is 11.4 Å². The summed E-state index contributed by atoms with van der Waals surface area (Å²) in [6.07, 6.45) is 0.995. The molecule has 1 aromatic carbocycles. The number of sulfonamides is 1. The lowest BCUT2D eigenvalue weighted by Gasteiger charge is -2.06. The van der Waals surface area contributed by atoms with E-state index in [1.165, 1.54) is 0 Å². The minimum absolute atomic E-state index is 0.274. The molecule has 0 spiro atoms. The van der Waals surface area contributed by atoms with Crippen LogP contribution in [0.3, 0.4) is 0 Å². The molecule has 1 heterocycles. The predicted octanol–water partition coefficient (Wildman–Crippen LogP) is -0.968. The number of tetrazole rings is 1. The van der Waals surface area contributed by atoms with E-state index in [1.54, 1.807) is 0 Å². The number of carbonyl (C=O) groups is 1. The van der Waals surface area contributed by atoms with E-state index in [2.05, 4.69) is 30.7 Å². The monoisotopic (exact) mass is 310 g/mol. The van der Waals surface area contributed by atoms with Gasteiger partial charge in [-0.25, -0.2) is 13.1 Å². The van der Waals surface area contributed by atoms with E-state index >= 15 is 0 Å². The molecule has 0 fully saturated rings. The summed E-state index contributed by atoms with van der Waals surface area (Å²) < 4.78 is 23.9. The van der Waals surface area contributed by atoms with Crippen molar-refractivity contribution in [1.82, 2.24) is 30.7 Å². The zero-order valence-electron chi connectivity index (χ0n) is 11.2. The molecule has 9 nitrogen and oxygen atoms in total. The molecule has 10 heteroatoms. The zero-order chi connectivity index (χ0) is 15.3. The van der Waals surface area contributed by atoms with Crippen LogP contribution in [0.4, 0.5) is 0 Å². The second-order valence-corrected chi connectivity index (χ2v) is 6.14. The molecule has 0 radical (unpaired) electrons. The molecule has 1 aromatic heterocycles. The van der Waals surface area contributed by atoms with Gasteiger partial charge in [0.05, 0.1) is 12.8 Å². The Balaban J connectivity index is 1.92. The second kappa shape index (κ2) is 6.41. The van der Waals surface area contributed by atoms with E-state index in [1.807, 2.05) is 24.3 Å². The Labute approximate surface area is 121 Å². The van der Waals surface area contributed by atoms with Crippen LogP contribution in [0, 0.1) is 0 Å². The minimum Gasteiger partial charge on any atom is -0.351 e. The first kappa shape index (κ1) is 15.1. The SMILES string of the molecule is CS(=O)(=O)NCC(=O)NCc1cccc(-c2nn[nH]n2)c1. The number of aromatic amines is 1. The lowest BCUT2D eigenvalue weighted by atomic mass is 10.1. The smallest absolute Gasteiger partial charge is 0.235 e. The molecule has 0 aliphatic carbocycles. The number of amides is 1. The largest absolute Gasteiger partial charge is 0.351 e. The fourth-order valence-electron chi connectivity index (χ4n) is 1.56. The number of benzene rings is 1. The van der Waals surface area contributed by atoms with Gasteiger partial charge in [0, 0.05) is 12.1 Å². The Morgan fingerprint density at radius 3 is 2.86 bits per heavy atom. The van der Waals surface area contributed by atoms with Crippen molar-refractivity contribution in [2.45, 2.75) is 6.54 Å². The van der Waals surface area contributed by atoms with Crippen molar-refractivity contribution in [2.24, 2.45) is 0 Å². The van der Waals surface area contributed by atoms with Crippen LogP contribution in [-0.2, 0) is 21.4 Å². The summed E-state index contributed by atoms with van der Waals surface area (Å²) >= 11 is 0. The first-order valence-corrected chi connectivity index (χ1v) is 7.87. The maximum atomic E-state index is 11.5. The standard InChI is InChI=1S/C11H14N6O3S/c1-21(19,20)13-7-10(18)12-6-8-3-2-4-9(5-8)11-14-16-17-15-11/h2-5,13H,6-7H2,1H3,(H,12,18)(H,14,15,16,17). The number of carbonyl (C=O) groups excluding carboxylic acids is 1. The number of rotatable bonds is 6. The molecule has 21 heavy (non-hydrogen) atoms. The van der Waals surface area contributed by atoms with Crippen LogP contribution in [0.2, 0.25) is 0 Å². The molecule has 0 atom stereocenters. The van der Waals surface area contributed by atoms with Crippen LogP contribution in [0.25, 0.3) is 11.4 Å². The summed E-state index contributed by atoms with van der Waals surface area (Å²) in [5, 5.41) is 16.2. The molecule has 1 amide bonds. The van der Waals surface area contributed by atoms with Gasteiger partial charge in [0.15, 0.2) is 0 Å². The van der Waals surface area contributed by atoms with Crippen molar-refractivity contribution in [3.05, 3.63) is 29.8 Å². The fourth-order valence-corrected chi connectivity index (χ4v) is 1.96. The van der Waals surface area contributed by atoms with E-state index in [0.717, 1.165) is 17.4 Å². The second-order valence-electron chi connectivity index (χ2n) is 4.31. The molecule has 3 N–H and O–H groups in total. The first-order valence-electron chi connectivity index (χ1n) is 5.98. The van der Waals surface area contributed by atoms with Crippen LogP contribution >= 0.6 is 0 Å². The van der Waals surface area contributed by atoms with Crippen LogP contribution in [-0.4, -0.2) is 47.7 Å². The highest BCUT2D eigenvalue weighted by molar-refractivity contribution is 7.88. The average Bonchev–Trinajstić information content (AvgIpc) is 2.96. The third-order valence-corrected chi connectivity index (χ3v) is 3.18. The molecular weight excluding hydrogens is 296 g/mol. The molecular formula is C11H14N6O3S. The Hall–Kier alpha value is -2.33. The summed E-state index contributed by atoms with van der Waals surface area (Å²) in [6.45, 7) is -0.0146. The van der Waals surface area contributed by atoms with Crippen LogP contribution in [0.15, 0.2) is 24.3 Å².